The Kier molecular flexibility index (Phi) is 4.97. The van der Waals surface area contributed by atoms with Crippen molar-refractivity contribution >= 4 is 0 Å². The molecule has 2 aliphatic rings. The molecule has 1 aliphatic heterocycles. The van der Waals surface area contributed by atoms with Crippen LogP contribution in [0.3, 0.4) is 0 Å². The smallest absolute Gasteiger partial charge is 0.376 e. The molecule has 20 heavy (non-hydrogen) atoms. The SMILES string of the molecule is CCC1CN(C2(CN)CCC(C(F)(F)F)CC2)CCO1. The molecule has 2 N–H and O–H groups in total. The van der Waals surface area contributed by atoms with Gasteiger partial charge in [-0.1, -0.05) is 6.92 Å². The van der Waals surface area contributed by atoms with Gasteiger partial charge in [0.25, 0.3) is 0 Å². The van der Waals surface area contributed by atoms with E-state index in [1.165, 1.54) is 0 Å². The highest BCUT2D eigenvalue weighted by atomic mass is 19.4. The lowest BCUT2D eigenvalue weighted by molar-refractivity contribution is -0.190. The Morgan fingerprint density at radius 3 is 2.45 bits per heavy atom. The molecular weight excluding hydrogens is 269 g/mol. The minimum Gasteiger partial charge on any atom is -0.376 e. The van der Waals surface area contributed by atoms with Crippen molar-refractivity contribution in [1.29, 1.82) is 0 Å². The molecule has 2 fully saturated rings. The van der Waals surface area contributed by atoms with Crippen LogP contribution >= 0.6 is 0 Å². The zero-order chi connectivity index (χ0) is 14.8. The van der Waals surface area contributed by atoms with Gasteiger partial charge in [-0.25, -0.2) is 0 Å². The van der Waals surface area contributed by atoms with Gasteiger partial charge in [0.05, 0.1) is 18.6 Å². The Labute approximate surface area is 118 Å². The zero-order valence-corrected chi connectivity index (χ0v) is 12.1. The largest absolute Gasteiger partial charge is 0.391 e. The van der Waals surface area contributed by atoms with Crippen LogP contribution in [0, 0.1) is 5.92 Å². The first-order chi connectivity index (χ1) is 9.41. The van der Waals surface area contributed by atoms with Crippen LogP contribution in [0.2, 0.25) is 0 Å². The van der Waals surface area contributed by atoms with E-state index >= 15 is 0 Å². The van der Waals surface area contributed by atoms with Crippen molar-refractivity contribution in [3.8, 4) is 0 Å². The predicted octanol–water partition coefficient (Wildman–Crippen LogP) is 2.55. The Balaban J connectivity index is 2.01. The number of nitrogens with two attached hydrogens (primary N) is 1. The summed E-state index contributed by atoms with van der Waals surface area (Å²) in [6, 6.07) is 0. The average molecular weight is 294 g/mol. The Bertz CT molecular complexity index is 314. The molecule has 1 heterocycles. The summed E-state index contributed by atoms with van der Waals surface area (Å²) in [5.41, 5.74) is 5.70. The van der Waals surface area contributed by atoms with Crippen LogP contribution in [0.25, 0.3) is 0 Å². The number of morpholine rings is 1. The van der Waals surface area contributed by atoms with Gasteiger partial charge < -0.3 is 10.5 Å². The van der Waals surface area contributed by atoms with Crippen molar-refractivity contribution in [3.05, 3.63) is 0 Å². The number of nitrogens with zero attached hydrogens (tertiary/aromatic N) is 1. The maximum absolute atomic E-state index is 12.8. The van der Waals surface area contributed by atoms with Crippen LogP contribution < -0.4 is 5.73 Å². The molecule has 0 bridgehead atoms. The molecule has 3 nitrogen and oxygen atoms in total. The Morgan fingerprint density at radius 2 is 1.95 bits per heavy atom. The molecule has 1 unspecified atom stereocenters. The summed E-state index contributed by atoms with van der Waals surface area (Å²) >= 11 is 0. The van der Waals surface area contributed by atoms with E-state index < -0.39 is 12.1 Å². The maximum atomic E-state index is 12.8. The van der Waals surface area contributed by atoms with E-state index in [0.717, 1.165) is 19.5 Å². The summed E-state index contributed by atoms with van der Waals surface area (Å²) in [7, 11) is 0. The fraction of sp³-hybridized carbons (Fsp3) is 1.00. The predicted molar refractivity (Wildman–Crippen MR) is 71.4 cm³/mol. The van der Waals surface area contributed by atoms with Gasteiger partial charge in [-0.2, -0.15) is 13.2 Å². The zero-order valence-electron chi connectivity index (χ0n) is 12.1. The van der Waals surface area contributed by atoms with Gasteiger partial charge in [-0.3, -0.25) is 4.90 Å². The first-order valence-electron chi connectivity index (χ1n) is 7.55. The minimum atomic E-state index is -4.06. The highest BCUT2D eigenvalue weighted by Crippen LogP contribution is 2.43. The Morgan fingerprint density at radius 1 is 1.30 bits per heavy atom. The summed E-state index contributed by atoms with van der Waals surface area (Å²) in [6.07, 6.45) is -1.44. The van der Waals surface area contributed by atoms with Crippen LogP contribution in [-0.4, -0.2) is 49.0 Å². The highest BCUT2D eigenvalue weighted by Gasteiger charge is 2.48. The summed E-state index contributed by atoms with van der Waals surface area (Å²) in [5.74, 6) is -1.15. The molecule has 0 radical (unpaired) electrons. The van der Waals surface area contributed by atoms with Crippen molar-refractivity contribution in [2.45, 2.75) is 56.8 Å². The van der Waals surface area contributed by atoms with E-state index in [0.29, 0.717) is 26.0 Å². The normalized spacial score (nSPS) is 37.0. The molecule has 2 rings (SSSR count). The van der Waals surface area contributed by atoms with E-state index in [4.69, 9.17) is 10.5 Å². The van der Waals surface area contributed by atoms with Crippen molar-refractivity contribution in [2.75, 3.05) is 26.2 Å². The number of hydrogen-bond acceptors (Lipinski definition) is 3. The standard InChI is InChI=1S/C14H25F3N2O/c1-2-12-9-19(7-8-20-12)13(10-18)5-3-11(4-6-13)14(15,16)17/h11-12H,2-10,18H2,1H3. The van der Waals surface area contributed by atoms with Crippen LogP contribution in [0.15, 0.2) is 0 Å². The number of alkyl halides is 3. The second-order valence-corrected chi connectivity index (χ2v) is 6.09. The van der Waals surface area contributed by atoms with Gasteiger partial charge in [-0.15, -0.1) is 0 Å². The monoisotopic (exact) mass is 294 g/mol. The van der Waals surface area contributed by atoms with E-state index in [-0.39, 0.29) is 24.5 Å². The summed E-state index contributed by atoms with van der Waals surface area (Å²) in [5, 5.41) is 0. The second-order valence-electron chi connectivity index (χ2n) is 6.09. The van der Waals surface area contributed by atoms with Gasteiger partial charge in [0.1, 0.15) is 0 Å². The van der Waals surface area contributed by atoms with E-state index in [9.17, 15) is 13.2 Å². The fourth-order valence-corrected chi connectivity index (χ4v) is 3.53. The molecule has 0 aromatic heterocycles. The van der Waals surface area contributed by atoms with Crippen molar-refractivity contribution in [2.24, 2.45) is 11.7 Å². The number of rotatable bonds is 3. The van der Waals surface area contributed by atoms with Gasteiger partial charge in [0.2, 0.25) is 0 Å². The molecule has 1 saturated carbocycles. The molecule has 0 aromatic rings. The van der Waals surface area contributed by atoms with Crippen LogP contribution in [0.5, 0.6) is 0 Å². The quantitative estimate of drug-likeness (QED) is 0.869. The van der Waals surface area contributed by atoms with E-state index in [1.54, 1.807) is 0 Å². The van der Waals surface area contributed by atoms with Crippen LogP contribution in [-0.2, 0) is 4.74 Å². The molecule has 1 saturated heterocycles. The molecule has 118 valence electrons. The van der Waals surface area contributed by atoms with E-state index in [1.807, 2.05) is 0 Å². The molecular formula is C14H25F3N2O. The number of halogens is 3. The molecule has 0 aromatic carbocycles. The maximum Gasteiger partial charge on any atom is 0.391 e. The van der Waals surface area contributed by atoms with Gasteiger partial charge in [-0.05, 0) is 32.1 Å². The molecule has 0 spiro atoms. The third kappa shape index (κ3) is 3.28. The van der Waals surface area contributed by atoms with Crippen molar-refractivity contribution < 1.29 is 17.9 Å². The van der Waals surface area contributed by atoms with E-state index in [2.05, 4.69) is 11.8 Å². The van der Waals surface area contributed by atoms with Crippen molar-refractivity contribution in [3.63, 3.8) is 0 Å². The van der Waals surface area contributed by atoms with Gasteiger partial charge in [0.15, 0.2) is 0 Å². The Hall–Kier alpha value is -0.330. The molecule has 0 amide bonds. The third-order valence-electron chi connectivity index (χ3n) is 5.02. The lowest BCUT2D eigenvalue weighted by Gasteiger charge is -2.50. The molecule has 6 heteroatoms. The summed E-state index contributed by atoms with van der Waals surface area (Å²) in [6.45, 7) is 4.75. The van der Waals surface area contributed by atoms with Crippen molar-refractivity contribution in [1.82, 2.24) is 4.90 Å². The fourth-order valence-electron chi connectivity index (χ4n) is 3.53. The average Bonchev–Trinajstić information content (AvgIpc) is 2.46. The first-order valence-corrected chi connectivity index (χ1v) is 7.55. The highest BCUT2D eigenvalue weighted by molar-refractivity contribution is 4.98. The second kappa shape index (κ2) is 6.20. The summed E-state index contributed by atoms with van der Waals surface area (Å²) in [4.78, 5) is 2.29. The van der Waals surface area contributed by atoms with Crippen LogP contribution in [0.1, 0.15) is 39.0 Å². The molecule has 1 aliphatic carbocycles. The first kappa shape index (κ1) is 16.0. The van der Waals surface area contributed by atoms with Gasteiger partial charge >= 0.3 is 6.18 Å². The summed E-state index contributed by atoms with van der Waals surface area (Å²) < 4.78 is 44.0. The topological polar surface area (TPSA) is 38.5 Å². The molecule has 1 atom stereocenters. The third-order valence-corrected chi connectivity index (χ3v) is 5.02. The minimum absolute atomic E-state index is 0.188. The van der Waals surface area contributed by atoms with Gasteiger partial charge in [0, 0.05) is 25.2 Å². The number of ether oxygens (including phenoxy) is 1. The number of hydrogen-bond donors (Lipinski definition) is 1. The van der Waals surface area contributed by atoms with Crippen LogP contribution in [0.4, 0.5) is 13.2 Å². The lowest BCUT2D eigenvalue weighted by Crippen LogP contribution is -2.61. The lowest BCUT2D eigenvalue weighted by atomic mass is 9.74.